The third-order valence-electron chi connectivity index (χ3n) is 3.26. The highest BCUT2D eigenvalue weighted by atomic mass is 19.1. The van der Waals surface area contributed by atoms with Crippen LogP contribution in [0.3, 0.4) is 0 Å². The van der Waals surface area contributed by atoms with E-state index in [4.69, 9.17) is 4.74 Å². The maximum absolute atomic E-state index is 13.5. The van der Waals surface area contributed by atoms with E-state index in [1.165, 1.54) is 38.1 Å². The Kier molecular flexibility index (Phi) is 5.08. The number of halogens is 2. The Morgan fingerprint density at radius 2 is 1.88 bits per heavy atom. The number of rotatable bonds is 5. The van der Waals surface area contributed by atoms with Crippen LogP contribution in [0.15, 0.2) is 36.4 Å². The van der Waals surface area contributed by atoms with Crippen LogP contribution in [0.5, 0.6) is 5.75 Å². The van der Waals surface area contributed by atoms with Gasteiger partial charge in [-0.3, -0.25) is 14.9 Å². The van der Waals surface area contributed by atoms with E-state index in [0.717, 1.165) is 12.1 Å². The van der Waals surface area contributed by atoms with E-state index in [1.54, 1.807) is 0 Å². The van der Waals surface area contributed by atoms with Crippen LogP contribution >= 0.6 is 0 Å². The number of carbonyl (C=O) groups is 1. The van der Waals surface area contributed by atoms with Crippen LogP contribution in [-0.4, -0.2) is 16.9 Å². The van der Waals surface area contributed by atoms with Gasteiger partial charge < -0.3 is 10.1 Å². The Labute approximate surface area is 136 Å². The molecule has 2 aromatic carbocycles. The second kappa shape index (κ2) is 7.03. The molecule has 0 fully saturated rings. The average Bonchev–Trinajstić information content (AvgIpc) is 2.50. The van der Waals surface area contributed by atoms with Gasteiger partial charge >= 0.3 is 0 Å². The number of nitrogens with zero attached hydrogens (tertiary/aromatic N) is 1. The minimum atomic E-state index is -1.06. The predicted octanol–water partition coefficient (Wildman–Crippen LogP) is 3.59. The molecule has 126 valence electrons. The van der Waals surface area contributed by atoms with E-state index < -0.39 is 34.3 Å². The maximum atomic E-state index is 13.5. The average molecular weight is 336 g/mol. The van der Waals surface area contributed by atoms with E-state index in [2.05, 4.69) is 5.32 Å². The predicted molar refractivity (Wildman–Crippen MR) is 82.9 cm³/mol. The van der Waals surface area contributed by atoms with Crippen molar-refractivity contribution in [2.45, 2.75) is 20.0 Å². The number of aryl methyl sites for hydroxylation is 1. The van der Waals surface area contributed by atoms with Crippen molar-refractivity contribution >= 4 is 17.3 Å². The zero-order valence-electron chi connectivity index (χ0n) is 12.9. The van der Waals surface area contributed by atoms with Crippen LogP contribution in [0, 0.1) is 28.7 Å². The number of hydrogen-bond acceptors (Lipinski definition) is 4. The summed E-state index contributed by atoms with van der Waals surface area (Å²) in [6.07, 6.45) is -1.06. The molecule has 0 heterocycles. The number of anilines is 1. The molecule has 1 amide bonds. The molecule has 24 heavy (non-hydrogen) atoms. The fourth-order valence-corrected chi connectivity index (χ4v) is 2.01. The number of nitro groups is 1. The van der Waals surface area contributed by atoms with Crippen molar-refractivity contribution in [2.24, 2.45) is 0 Å². The number of nitro benzene ring substituents is 1. The Bertz CT molecular complexity index is 775. The number of amides is 1. The molecule has 2 rings (SSSR count). The zero-order chi connectivity index (χ0) is 17.9. The third kappa shape index (κ3) is 3.83. The molecule has 0 bridgehead atoms. The van der Waals surface area contributed by atoms with Crippen molar-refractivity contribution in [3.8, 4) is 5.75 Å². The van der Waals surface area contributed by atoms with Crippen LogP contribution in [0.1, 0.15) is 12.5 Å². The summed E-state index contributed by atoms with van der Waals surface area (Å²) in [7, 11) is 0. The Balaban J connectivity index is 2.09. The normalized spacial score (nSPS) is 11.7. The molecule has 0 aliphatic carbocycles. The summed E-state index contributed by atoms with van der Waals surface area (Å²) in [5, 5.41) is 12.9. The van der Waals surface area contributed by atoms with Crippen molar-refractivity contribution in [3.05, 3.63) is 63.7 Å². The van der Waals surface area contributed by atoms with E-state index in [1.807, 2.05) is 0 Å². The molecule has 0 spiro atoms. The third-order valence-corrected chi connectivity index (χ3v) is 3.26. The Morgan fingerprint density at radius 1 is 1.25 bits per heavy atom. The van der Waals surface area contributed by atoms with Gasteiger partial charge in [-0.1, -0.05) is 6.07 Å². The molecular weight excluding hydrogens is 322 g/mol. The molecule has 6 nitrogen and oxygen atoms in total. The molecule has 1 N–H and O–H groups in total. The minimum absolute atomic E-state index is 0.0760. The summed E-state index contributed by atoms with van der Waals surface area (Å²) >= 11 is 0. The van der Waals surface area contributed by atoms with Gasteiger partial charge in [0.1, 0.15) is 23.1 Å². The number of hydrogen-bond donors (Lipinski definition) is 1. The zero-order valence-corrected chi connectivity index (χ0v) is 12.9. The van der Waals surface area contributed by atoms with Gasteiger partial charge in [0.25, 0.3) is 11.6 Å². The summed E-state index contributed by atoms with van der Waals surface area (Å²) in [6, 6.07) is 7.23. The quantitative estimate of drug-likeness (QED) is 0.668. The number of ether oxygens (including phenoxy) is 1. The summed E-state index contributed by atoms with van der Waals surface area (Å²) in [4.78, 5) is 22.2. The first-order valence-corrected chi connectivity index (χ1v) is 6.96. The van der Waals surface area contributed by atoms with Crippen LogP contribution in [0.4, 0.5) is 20.2 Å². The van der Waals surface area contributed by atoms with Crippen LogP contribution in [-0.2, 0) is 4.79 Å². The fourth-order valence-electron chi connectivity index (χ4n) is 2.01. The number of para-hydroxylation sites is 1. The highest BCUT2D eigenvalue weighted by Gasteiger charge is 2.19. The van der Waals surface area contributed by atoms with E-state index in [0.29, 0.717) is 5.56 Å². The standard InChI is InChI=1S/C16H14F2N2O4/c1-9-8-11(6-7-14(9)20(22)23)24-10(2)16(21)19-15-12(17)4-3-5-13(15)18/h3-8,10H,1-2H3,(H,19,21)/t10-/m0/s1. The summed E-state index contributed by atoms with van der Waals surface area (Å²) in [5.74, 6) is -2.33. The van der Waals surface area contributed by atoms with Gasteiger partial charge in [0, 0.05) is 11.6 Å². The maximum Gasteiger partial charge on any atom is 0.272 e. The minimum Gasteiger partial charge on any atom is -0.481 e. The monoisotopic (exact) mass is 336 g/mol. The lowest BCUT2D eigenvalue weighted by molar-refractivity contribution is -0.385. The lowest BCUT2D eigenvalue weighted by Crippen LogP contribution is -2.30. The highest BCUT2D eigenvalue weighted by molar-refractivity contribution is 5.94. The first kappa shape index (κ1) is 17.3. The van der Waals surface area contributed by atoms with E-state index in [-0.39, 0.29) is 11.4 Å². The number of nitrogens with one attached hydrogen (secondary N) is 1. The van der Waals surface area contributed by atoms with Crippen molar-refractivity contribution in [1.29, 1.82) is 0 Å². The van der Waals surface area contributed by atoms with Crippen LogP contribution < -0.4 is 10.1 Å². The Morgan fingerprint density at radius 3 is 2.42 bits per heavy atom. The lowest BCUT2D eigenvalue weighted by atomic mass is 10.2. The SMILES string of the molecule is Cc1cc(O[C@@H](C)C(=O)Nc2c(F)cccc2F)ccc1[N+](=O)[O-]. The molecule has 0 radical (unpaired) electrons. The van der Waals surface area contributed by atoms with Crippen molar-refractivity contribution < 1.29 is 23.2 Å². The molecule has 0 aromatic heterocycles. The van der Waals surface area contributed by atoms with Gasteiger partial charge in [0.2, 0.25) is 0 Å². The van der Waals surface area contributed by atoms with Crippen molar-refractivity contribution in [1.82, 2.24) is 0 Å². The second-order valence-electron chi connectivity index (χ2n) is 5.05. The molecular formula is C16H14F2N2O4. The first-order valence-electron chi connectivity index (χ1n) is 6.96. The van der Waals surface area contributed by atoms with E-state index in [9.17, 15) is 23.7 Å². The van der Waals surface area contributed by atoms with Gasteiger partial charge in [-0.05, 0) is 38.1 Å². The van der Waals surface area contributed by atoms with Gasteiger partial charge in [0.15, 0.2) is 6.10 Å². The van der Waals surface area contributed by atoms with Crippen molar-refractivity contribution in [2.75, 3.05) is 5.32 Å². The molecule has 8 heteroatoms. The van der Waals surface area contributed by atoms with Gasteiger partial charge in [0.05, 0.1) is 4.92 Å². The lowest BCUT2D eigenvalue weighted by Gasteiger charge is -2.15. The van der Waals surface area contributed by atoms with E-state index >= 15 is 0 Å². The largest absolute Gasteiger partial charge is 0.481 e. The summed E-state index contributed by atoms with van der Waals surface area (Å²) < 4.78 is 32.4. The molecule has 0 aliphatic heterocycles. The number of carbonyl (C=O) groups excluding carboxylic acids is 1. The Hall–Kier alpha value is -3.03. The fraction of sp³-hybridized carbons (Fsp3) is 0.188. The molecule has 0 saturated heterocycles. The van der Waals surface area contributed by atoms with Crippen LogP contribution in [0.2, 0.25) is 0 Å². The summed E-state index contributed by atoms with van der Waals surface area (Å²) in [5.41, 5.74) is -0.268. The summed E-state index contributed by atoms with van der Waals surface area (Å²) in [6.45, 7) is 2.93. The molecule has 2 aromatic rings. The smallest absolute Gasteiger partial charge is 0.272 e. The number of benzene rings is 2. The molecule has 0 unspecified atom stereocenters. The first-order chi connectivity index (χ1) is 11.3. The molecule has 0 saturated carbocycles. The molecule has 1 atom stereocenters. The molecule has 0 aliphatic rings. The van der Waals surface area contributed by atoms with Crippen molar-refractivity contribution in [3.63, 3.8) is 0 Å². The van der Waals surface area contributed by atoms with Gasteiger partial charge in [-0.2, -0.15) is 0 Å². The highest BCUT2D eigenvalue weighted by Crippen LogP contribution is 2.24. The topological polar surface area (TPSA) is 81.5 Å². The van der Waals surface area contributed by atoms with Gasteiger partial charge in [-0.15, -0.1) is 0 Å². The van der Waals surface area contributed by atoms with Gasteiger partial charge in [-0.25, -0.2) is 8.78 Å². The van der Waals surface area contributed by atoms with Crippen LogP contribution in [0.25, 0.3) is 0 Å². The second-order valence-corrected chi connectivity index (χ2v) is 5.05.